The van der Waals surface area contributed by atoms with Crippen molar-refractivity contribution in [2.24, 2.45) is 5.41 Å². The molecule has 4 heteroatoms. The van der Waals surface area contributed by atoms with Gasteiger partial charge in [-0.2, -0.15) is 0 Å². The molecule has 0 radical (unpaired) electrons. The molecular weight excluding hydrogens is 342 g/mol. The third-order valence-corrected chi connectivity index (χ3v) is 7.32. The van der Waals surface area contributed by atoms with Gasteiger partial charge in [-0.1, -0.05) is 32.0 Å². The lowest BCUT2D eigenvalue weighted by Gasteiger charge is -2.29. The SMILES string of the molecule is C[C@H]1CCCN1c1ccccc1-c1sc2c(c1C(=O)O)CC(C)(C)CC2. The fourth-order valence-electron chi connectivity index (χ4n) is 4.54. The zero-order chi connectivity index (χ0) is 18.5. The smallest absolute Gasteiger partial charge is 0.337 e. The molecule has 1 saturated heterocycles. The largest absolute Gasteiger partial charge is 0.478 e. The number of rotatable bonds is 3. The molecule has 26 heavy (non-hydrogen) atoms. The standard InChI is InChI=1S/C22H27NO2S/c1-14-7-6-12-23(14)17-9-5-4-8-15(17)20-19(21(24)25)16-13-22(2,3)11-10-18(16)26-20/h4-5,8-9,14H,6-7,10-13H2,1-3H3,(H,24,25)/t14-/m0/s1. The topological polar surface area (TPSA) is 40.5 Å². The summed E-state index contributed by atoms with van der Waals surface area (Å²) in [6.07, 6.45) is 5.40. The Hall–Kier alpha value is -1.81. The van der Waals surface area contributed by atoms with E-state index in [1.807, 2.05) is 6.07 Å². The number of nitrogens with zero attached hydrogens (tertiary/aromatic N) is 1. The highest BCUT2D eigenvalue weighted by atomic mass is 32.1. The minimum Gasteiger partial charge on any atom is -0.478 e. The molecule has 1 aliphatic heterocycles. The molecule has 1 aliphatic carbocycles. The van der Waals surface area contributed by atoms with Crippen LogP contribution in [0, 0.1) is 5.41 Å². The molecule has 2 aromatic rings. The summed E-state index contributed by atoms with van der Waals surface area (Å²) in [5, 5.41) is 10.0. The van der Waals surface area contributed by atoms with Crippen LogP contribution in [0.25, 0.3) is 10.4 Å². The first-order valence-corrected chi connectivity index (χ1v) is 10.4. The zero-order valence-corrected chi connectivity index (χ0v) is 16.7. The van der Waals surface area contributed by atoms with Crippen molar-refractivity contribution in [2.45, 2.75) is 58.9 Å². The molecule has 2 aliphatic rings. The lowest BCUT2D eigenvalue weighted by atomic mass is 9.76. The van der Waals surface area contributed by atoms with E-state index < -0.39 is 5.97 Å². The van der Waals surface area contributed by atoms with Crippen LogP contribution in [-0.2, 0) is 12.8 Å². The summed E-state index contributed by atoms with van der Waals surface area (Å²) in [7, 11) is 0. The maximum Gasteiger partial charge on any atom is 0.337 e. The van der Waals surface area contributed by atoms with Crippen LogP contribution in [0.5, 0.6) is 0 Å². The number of benzene rings is 1. The Morgan fingerprint density at radius 2 is 2.08 bits per heavy atom. The van der Waals surface area contributed by atoms with E-state index in [2.05, 4.69) is 43.9 Å². The minimum atomic E-state index is -0.778. The van der Waals surface area contributed by atoms with Crippen LogP contribution >= 0.6 is 11.3 Å². The minimum absolute atomic E-state index is 0.179. The van der Waals surface area contributed by atoms with E-state index in [0.29, 0.717) is 11.6 Å². The number of carbonyl (C=O) groups is 1. The number of anilines is 1. The molecule has 0 amide bonds. The molecule has 1 N–H and O–H groups in total. The molecule has 1 atom stereocenters. The van der Waals surface area contributed by atoms with Gasteiger partial charge >= 0.3 is 5.97 Å². The van der Waals surface area contributed by atoms with Gasteiger partial charge in [-0.25, -0.2) is 4.79 Å². The maximum atomic E-state index is 12.2. The molecule has 1 fully saturated rings. The normalized spacial score (nSPS) is 21.7. The molecule has 0 unspecified atom stereocenters. The number of carboxylic acid groups (broad SMARTS) is 1. The molecule has 0 bridgehead atoms. The highest BCUT2D eigenvalue weighted by molar-refractivity contribution is 7.16. The third kappa shape index (κ3) is 2.94. The Morgan fingerprint density at radius 3 is 2.77 bits per heavy atom. The monoisotopic (exact) mass is 369 g/mol. The van der Waals surface area contributed by atoms with Crippen LogP contribution in [-0.4, -0.2) is 23.7 Å². The van der Waals surface area contributed by atoms with Gasteiger partial charge in [0.05, 0.1) is 10.4 Å². The van der Waals surface area contributed by atoms with Gasteiger partial charge in [0, 0.05) is 28.7 Å². The molecule has 2 heterocycles. The van der Waals surface area contributed by atoms with Gasteiger partial charge in [-0.05, 0) is 56.1 Å². The molecule has 4 rings (SSSR count). The first-order valence-electron chi connectivity index (χ1n) is 9.61. The Bertz CT molecular complexity index is 852. The quantitative estimate of drug-likeness (QED) is 0.764. The number of hydrogen-bond donors (Lipinski definition) is 1. The Balaban J connectivity index is 1.88. The van der Waals surface area contributed by atoms with Gasteiger partial charge in [0.2, 0.25) is 0 Å². The summed E-state index contributed by atoms with van der Waals surface area (Å²) >= 11 is 1.71. The summed E-state index contributed by atoms with van der Waals surface area (Å²) in [4.78, 5) is 16.9. The predicted molar refractivity (Wildman–Crippen MR) is 109 cm³/mol. The average molecular weight is 370 g/mol. The lowest BCUT2D eigenvalue weighted by molar-refractivity contribution is 0.0696. The Labute approximate surface area is 159 Å². The Kier molecular flexibility index (Phi) is 4.34. The Morgan fingerprint density at radius 1 is 1.31 bits per heavy atom. The summed E-state index contributed by atoms with van der Waals surface area (Å²) in [5.41, 5.74) is 4.10. The fourth-order valence-corrected chi connectivity index (χ4v) is 5.89. The molecule has 0 spiro atoms. The number of para-hydroxylation sites is 1. The second kappa shape index (κ2) is 6.41. The van der Waals surface area contributed by atoms with Crippen molar-refractivity contribution in [1.29, 1.82) is 0 Å². The molecular formula is C22H27NO2S. The van der Waals surface area contributed by atoms with Crippen molar-refractivity contribution >= 4 is 23.0 Å². The number of fused-ring (bicyclic) bond motifs is 1. The van der Waals surface area contributed by atoms with E-state index in [0.717, 1.165) is 41.8 Å². The van der Waals surface area contributed by atoms with Crippen molar-refractivity contribution < 1.29 is 9.90 Å². The van der Waals surface area contributed by atoms with Crippen molar-refractivity contribution in [1.82, 2.24) is 0 Å². The average Bonchev–Trinajstić information content (AvgIpc) is 3.17. The van der Waals surface area contributed by atoms with Gasteiger partial charge in [0.15, 0.2) is 0 Å². The maximum absolute atomic E-state index is 12.2. The number of hydrogen-bond acceptors (Lipinski definition) is 3. The van der Waals surface area contributed by atoms with Gasteiger partial charge in [0.25, 0.3) is 0 Å². The molecule has 1 aromatic heterocycles. The summed E-state index contributed by atoms with van der Waals surface area (Å²) < 4.78 is 0. The van der Waals surface area contributed by atoms with Crippen LogP contribution in [0.1, 0.15) is 60.8 Å². The van der Waals surface area contributed by atoms with Crippen molar-refractivity contribution in [3.05, 3.63) is 40.3 Å². The van der Waals surface area contributed by atoms with Crippen molar-refractivity contribution in [3.8, 4) is 10.4 Å². The first-order chi connectivity index (χ1) is 12.4. The lowest BCUT2D eigenvalue weighted by Crippen LogP contribution is -2.26. The van der Waals surface area contributed by atoms with Crippen LogP contribution in [0.2, 0.25) is 0 Å². The number of aryl methyl sites for hydroxylation is 1. The highest BCUT2D eigenvalue weighted by Gasteiger charge is 2.34. The predicted octanol–water partition coefficient (Wildman–Crippen LogP) is 5.62. The highest BCUT2D eigenvalue weighted by Crippen LogP contribution is 2.47. The van der Waals surface area contributed by atoms with E-state index >= 15 is 0 Å². The van der Waals surface area contributed by atoms with Crippen LogP contribution < -0.4 is 4.90 Å². The van der Waals surface area contributed by atoms with Crippen molar-refractivity contribution in [3.63, 3.8) is 0 Å². The van der Waals surface area contributed by atoms with Crippen LogP contribution in [0.15, 0.2) is 24.3 Å². The summed E-state index contributed by atoms with van der Waals surface area (Å²) in [6, 6.07) is 8.88. The fraction of sp³-hybridized carbons (Fsp3) is 0.500. The molecule has 0 saturated carbocycles. The second-order valence-electron chi connectivity index (χ2n) is 8.56. The number of thiophene rings is 1. The molecule has 138 valence electrons. The van der Waals surface area contributed by atoms with E-state index in [-0.39, 0.29) is 5.41 Å². The number of aromatic carboxylic acids is 1. The van der Waals surface area contributed by atoms with E-state index in [1.165, 1.54) is 23.4 Å². The van der Waals surface area contributed by atoms with Crippen molar-refractivity contribution in [2.75, 3.05) is 11.4 Å². The molecule has 1 aromatic carbocycles. The van der Waals surface area contributed by atoms with Gasteiger partial charge in [-0.3, -0.25) is 0 Å². The second-order valence-corrected chi connectivity index (χ2v) is 9.66. The van der Waals surface area contributed by atoms with Crippen LogP contribution in [0.4, 0.5) is 5.69 Å². The summed E-state index contributed by atoms with van der Waals surface area (Å²) in [6.45, 7) is 7.82. The van der Waals surface area contributed by atoms with Crippen LogP contribution in [0.3, 0.4) is 0 Å². The van der Waals surface area contributed by atoms with Gasteiger partial charge in [0.1, 0.15) is 0 Å². The first kappa shape index (κ1) is 17.6. The molecule has 3 nitrogen and oxygen atoms in total. The van der Waals surface area contributed by atoms with E-state index in [9.17, 15) is 9.90 Å². The van der Waals surface area contributed by atoms with Gasteiger partial charge < -0.3 is 10.0 Å². The van der Waals surface area contributed by atoms with E-state index in [4.69, 9.17) is 0 Å². The zero-order valence-electron chi connectivity index (χ0n) is 15.8. The number of carboxylic acids is 1. The van der Waals surface area contributed by atoms with Gasteiger partial charge in [-0.15, -0.1) is 11.3 Å². The summed E-state index contributed by atoms with van der Waals surface area (Å²) in [5.74, 6) is -0.778. The third-order valence-electron chi connectivity index (χ3n) is 6.00. The van der Waals surface area contributed by atoms with E-state index in [1.54, 1.807) is 11.3 Å².